The third kappa shape index (κ3) is 2.79. The molecule has 0 spiro atoms. The van der Waals surface area contributed by atoms with Gasteiger partial charge in [-0.2, -0.15) is 0 Å². The van der Waals surface area contributed by atoms with E-state index < -0.39 is 0 Å². The molecule has 0 amide bonds. The summed E-state index contributed by atoms with van der Waals surface area (Å²) < 4.78 is 6.25. The van der Waals surface area contributed by atoms with Crippen molar-refractivity contribution in [3.63, 3.8) is 0 Å². The van der Waals surface area contributed by atoms with Gasteiger partial charge in [0.25, 0.3) is 0 Å². The van der Waals surface area contributed by atoms with E-state index in [9.17, 15) is 9.90 Å². The topological polar surface area (TPSA) is 46.5 Å². The minimum atomic E-state index is -0.260. The van der Waals surface area contributed by atoms with Gasteiger partial charge in [-0.1, -0.05) is 55.3 Å². The summed E-state index contributed by atoms with van der Waals surface area (Å²) in [5.74, 6) is -0.0266. The van der Waals surface area contributed by atoms with E-state index in [0.717, 1.165) is 41.5 Å². The molecule has 1 aliphatic carbocycles. The molecule has 3 aliphatic rings. The number of halogens is 1. The lowest BCUT2D eigenvalue weighted by Crippen LogP contribution is -2.33. The molecule has 3 nitrogen and oxygen atoms in total. The zero-order valence-electron chi connectivity index (χ0n) is 17.6. The van der Waals surface area contributed by atoms with E-state index in [1.54, 1.807) is 0 Å². The Morgan fingerprint density at radius 1 is 1.07 bits per heavy atom. The van der Waals surface area contributed by atoms with E-state index in [4.69, 9.17) is 16.3 Å². The highest BCUT2D eigenvalue weighted by molar-refractivity contribution is 6.30. The first-order valence-electron chi connectivity index (χ1n) is 11.0. The van der Waals surface area contributed by atoms with Gasteiger partial charge in [0.05, 0.1) is 29.6 Å². The Morgan fingerprint density at radius 3 is 2.30 bits per heavy atom. The molecule has 1 unspecified atom stereocenters. The molecule has 2 aliphatic heterocycles. The number of aliphatic hydroxyl groups excluding tert-OH is 1. The monoisotopic (exact) mass is 422 g/mol. The van der Waals surface area contributed by atoms with E-state index in [0.29, 0.717) is 10.6 Å². The quantitative estimate of drug-likeness (QED) is 0.676. The lowest BCUT2D eigenvalue weighted by molar-refractivity contribution is -0.118. The molecule has 2 aromatic carbocycles. The van der Waals surface area contributed by atoms with Crippen LogP contribution in [0.2, 0.25) is 5.02 Å². The van der Waals surface area contributed by atoms with Crippen LogP contribution in [0.4, 0.5) is 0 Å². The first-order chi connectivity index (χ1) is 14.4. The van der Waals surface area contributed by atoms with Gasteiger partial charge >= 0.3 is 0 Å². The fourth-order valence-electron chi connectivity index (χ4n) is 5.96. The molecule has 2 heterocycles. The van der Waals surface area contributed by atoms with E-state index in [-0.39, 0.29) is 41.5 Å². The average Bonchev–Trinajstić information content (AvgIpc) is 3.40. The van der Waals surface area contributed by atoms with Gasteiger partial charge in [0.15, 0.2) is 5.78 Å². The first kappa shape index (κ1) is 19.8. The highest BCUT2D eigenvalue weighted by atomic mass is 35.5. The molecule has 30 heavy (non-hydrogen) atoms. The SMILES string of the molecule is CCc1cc(C)cc(CC)c1C1=C(O)[C@@H]2[C@@H]3OC(C[C@H]3c3ccc(Cl)cc3)[C@@H]2C1=O. The lowest BCUT2D eigenvalue weighted by atomic mass is 9.72. The average molecular weight is 423 g/mol. The fourth-order valence-corrected chi connectivity index (χ4v) is 6.09. The summed E-state index contributed by atoms with van der Waals surface area (Å²) in [7, 11) is 0. The Kier molecular flexibility index (Phi) is 4.79. The molecule has 5 atom stereocenters. The van der Waals surface area contributed by atoms with Crippen molar-refractivity contribution in [2.45, 2.75) is 58.2 Å². The van der Waals surface area contributed by atoms with Crippen molar-refractivity contribution in [1.82, 2.24) is 0 Å². The number of allylic oxidation sites excluding steroid dienone is 1. The smallest absolute Gasteiger partial charge is 0.173 e. The third-order valence-corrected chi connectivity index (χ3v) is 7.49. The number of aliphatic hydroxyl groups is 1. The third-order valence-electron chi connectivity index (χ3n) is 7.23. The van der Waals surface area contributed by atoms with Gasteiger partial charge in [-0.15, -0.1) is 0 Å². The second-order valence-corrected chi connectivity index (χ2v) is 9.31. The summed E-state index contributed by atoms with van der Waals surface area (Å²) >= 11 is 6.06. The molecule has 0 saturated carbocycles. The van der Waals surface area contributed by atoms with Gasteiger partial charge in [-0.25, -0.2) is 0 Å². The van der Waals surface area contributed by atoms with Crippen molar-refractivity contribution in [3.05, 3.63) is 75.0 Å². The number of aryl methyl sites for hydroxylation is 3. The fraction of sp³-hybridized carbons (Fsp3) is 0.423. The normalized spacial score (nSPS) is 29.7. The van der Waals surface area contributed by atoms with Gasteiger partial charge in [0, 0.05) is 10.9 Å². The molecule has 5 rings (SSSR count). The zero-order valence-corrected chi connectivity index (χ0v) is 18.4. The van der Waals surface area contributed by atoms with Gasteiger partial charge in [-0.3, -0.25) is 4.79 Å². The Bertz CT molecular complexity index is 1030. The maximum Gasteiger partial charge on any atom is 0.173 e. The van der Waals surface area contributed by atoms with Crippen LogP contribution >= 0.6 is 11.6 Å². The van der Waals surface area contributed by atoms with Gasteiger partial charge in [-0.05, 0) is 60.6 Å². The molecule has 2 aromatic rings. The van der Waals surface area contributed by atoms with Crippen LogP contribution in [-0.4, -0.2) is 23.1 Å². The lowest BCUT2D eigenvalue weighted by Gasteiger charge is -2.27. The Morgan fingerprint density at radius 2 is 1.70 bits per heavy atom. The molecule has 156 valence electrons. The number of ether oxygens (including phenoxy) is 1. The number of hydrogen-bond acceptors (Lipinski definition) is 3. The molecule has 2 bridgehead atoms. The van der Waals surface area contributed by atoms with Crippen molar-refractivity contribution in [2.24, 2.45) is 11.8 Å². The minimum Gasteiger partial charge on any atom is -0.511 e. The number of ketones is 1. The molecule has 4 heteroatoms. The highest BCUT2D eigenvalue weighted by Gasteiger charge is 2.62. The van der Waals surface area contributed by atoms with Crippen LogP contribution in [0, 0.1) is 18.8 Å². The number of benzene rings is 2. The summed E-state index contributed by atoms with van der Waals surface area (Å²) in [6.07, 6.45) is 2.19. The predicted octanol–water partition coefficient (Wildman–Crippen LogP) is 5.81. The largest absolute Gasteiger partial charge is 0.511 e. The zero-order chi connectivity index (χ0) is 21.2. The Hall–Kier alpha value is -2.10. The van der Waals surface area contributed by atoms with Crippen LogP contribution in [0.3, 0.4) is 0 Å². The summed E-state index contributed by atoms with van der Waals surface area (Å²) in [4.78, 5) is 13.6. The molecule has 2 saturated heterocycles. The molecule has 0 aromatic heterocycles. The van der Waals surface area contributed by atoms with E-state index in [2.05, 4.69) is 32.9 Å². The van der Waals surface area contributed by atoms with Crippen molar-refractivity contribution < 1.29 is 14.6 Å². The van der Waals surface area contributed by atoms with Crippen LogP contribution in [0.5, 0.6) is 0 Å². The van der Waals surface area contributed by atoms with Crippen LogP contribution in [0.15, 0.2) is 42.2 Å². The van der Waals surface area contributed by atoms with Crippen molar-refractivity contribution >= 4 is 23.0 Å². The molecule has 0 radical (unpaired) electrons. The van der Waals surface area contributed by atoms with Crippen molar-refractivity contribution in [3.8, 4) is 0 Å². The predicted molar refractivity (Wildman–Crippen MR) is 119 cm³/mol. The number of fused-ring (bicyclic) bond motifs is 5. The van der Waals surface area contributed by atoms with Crippen molar-refractivity contribution in [1.29, 1.82) is 0 Å². The Labute approximate surface area is 182 Å². The molecular formula is C26H27ClO3. The number of rotatable bonds is 4. The molecular weight excluding hydrogens is 396 g/mol. The van der Waals surface area contributed by atoms with Gasteiger partial charge < -0.3 is 9.84 Å². The maximum atomic E-state index is 13.6. The molecule has 1 N–H and O–H groups in total. The van der Waals surface area contributed by atoms with Gasteiger partial charge in [0.1, 0.15) is 5.76 Å². The van der Waals surface area contributed by atoms with Crippen molar-refractivity contribution in [2.75, 3.05) is 0 Å². The van der Waals surface area contributed by atoms with E-state index in [1.807, 2.05) is 24.3 Å². The van der Waals surface area contributed by atoms with Gasteiger partial charge in [0.2, 0.25) is 0 Å². The van der Waals surface area contributed by atoms with Crippen LogP contribution < -0.4 is 0 Å². The van der Waals surface area contributed by atoms with Crippen LogP contribution in [0.25, 0.3) is 5.57 Å². The highest BCUT2D eigenvalue weighted by Crippen LogP contribution is 2.58. The van der Waals surface area contributed by atoms with E-state index in [1.165, 1.54) is 5.56 Å². The Balaban J connectivity index is 1.59. The standard InChI is InChI=1S/C26H27ClO3/c1-4-14-10-13(3)11-15(5-2)20(14)22-24(28)21-19-12-18(16-6-8-17(27)9-7-16)26(30-19)23(21)25(22)29/h6-11,18-19,21,23,26,29H,4-5,12H2,1-3H3/t18-,19?,21-,23+,26+/m0/s1. The number of hydrogen-bond donors (Lipinski definition) is 1. The second-order valence-electron chi connectivity index (χ2n) is 8.87. The number of Topliss-reactive ketones (excluding diaryl/α,β-unsaturated/α-hetero) is 1. The summed E-state index contributed by atoms with van der Waals surface area (Å²) in [5.41, 5.74) is 6.16. The van der Waals surface area contributed by atoms with Crippen LogP contribution in [-0.2, 0) is 22.4 Å². The first-order valence-corrected chi connectivity index (χ1v) is 11.3. The maximum absolute atomic E-state index is 13.6. The van der Waals surface area contributed by atoms with Crippen LogP contribution in [0.1, 0.15) is 54.0 Å². The van der Waals surface area contributed by atoms with E-state index >= 15 is 0 Å². The minimum absolute atomic E-state index is 0.0628. The number of carbonyl (C=O) groups excluding carboxylic acids is 1. The summed E-state index contributed by atoms with van der Waals surface area (Å²) in [6.45, 7) is 6.31. The second kappa shape index (κ2) is 7.25. The summed E-state index contributed by atoms with van der Waals surface area (Å²) in [5, 5.41) is 12.1. The number of carbonyl (C=O) groups is 1. The summed E-state index contributed by atoms with van der Waals surface area (Å²) in [6, 6.07) is 12.2. The molecule has 2 fully saturated rings.